The van der Waals surface area contributed by atoms with E-state index in [1.165, 1.54) is 17.7 Å². The molecule has 4 aliphatic heterocycles. The zero-order chi connectivity index (χ0) is 18.1. The van der Waals surface area contributed by atoms with Gasteiger partial charge in [0.25, 0.3) is 5.91 Å². The summed E-state index contributed by atoms with van der Waals surface area (Å²) in [5.74, 6) is 0.912. The summed E-state index contributed by atoms with van der Waals surface area (Å²) in [6.45, 7) is 3.66. The van der Waals surface area contributed by atoms with Crippen LogP contribution in [0, 0.1) is 11.8 Å². The molecular weight excluding hydrogens is 332 g/mol. The fourth-order valence-electron chi connectivity index (χ4n) is 5.69. The van der Waals surface area contributed by atoms with E-state index in [0.29, 0.717) is 30.6 Å². The first kappa shape index (κ1) is 16.3. The third-order valence-corrected chi connectivity index (χ3v) is 6.93. The highest BCUT2D eigenvalue weighted by Crippen LogP contribution is 2.56. The fraction of sp³-hybridized carbons (Fsp3) is 0.550. The molecule has 2 N–H and O–H groups in total. The lowest BCUT2D eigenvalue weighted by molar-refractivity contribution is -0.137. The Hall–Kier alpha value is -1.89. The number of hydrogen-bond donors (Lipinski definition) is 2. The van der Waals surface area contributed by atoms with Crippen molar-refractivity contribution in [2.75, 3.05) is 25.3 Å². The lowest BCUT2D eigenvalue weighted by atomic mass is 9.72. The molecule has 1 aliphatic carbocycles. The van der Waals surface area contributed by atoms with Crippen LogP contribution >= 0.6 is 0 Å². The van der Waals surface area contributed by atoms with Crippen molar-refractivity contribution in [1.29, 1.82) is 0 Å². The zero-order valence-corrected chi connectivity index (χ0v) is 15.1. The summed E-state index contributed by atoms with van der Waals surface area (Å²) in [5.41, 5.74) is 2.21. The van der Waals surface area contributed by atoms with Gasteiger partial charge in [-0.2, -0.15) is 5.06 Å². The third kappa shape index (κ3) is 1.89. The number of fused-ring (bicyclic) bond motifs is 2. The second-order valence-electron chi connectivity index (χ2n) is 7.84. The molecule has 5 unspecified atom stereocenters. The predicted octanol–water partition coefficient (Wildman–Crippen LogP) is 1.88. The summed E-state index contributed by atoms with van der Waals surface area (Å²) in [7, 11) is 1.49. The number of carbonyl (C=O) groups is 1. The normalized spacial score (nSPS) is 39.5. The number of allylic oxidation sites excluding steroid dienone is 1. The van der Waals surface area contributed by atoms with Crippen molar-refractivity contribution in [3.8, 4) is 5.75 Å². The highest BCUT2D eigenvalue weighted by atomic mass is 16.7. The van der Waals surface area contributed by atoms with Gasteiger partial charge in [-0.3, -0.25) is 9.63 Å². The number of benzene rings is 1. The molecule has 1 amide bonds. The summed E-state index contributed by atoms with van der Waals surface area (Å²) in [6.07, 6.45) is 3.59. The van der Waals surface area contributed by atoms with Crippen molar-refractivity contribution >= 4 is 11.6 Å². The van der Waals surface area contributed by atoms with Crippen molar-refractivity contribution in [2.45, 2.75) is 37.3 Å². The minimum Gasteiger partial charge on any atom is -0.508 e. The van der Waals surface area contributed by atoms with Gasteiger partial charge in [0.05, 0.1) is 25.5 Å². The molecule has 3 saturated heterocycles. The summed E-state index contributed by atoms with van der Waals surface area (Å²) in [4.78, 5) is 19.0. The predicted molar refractivity (Wildman–Crippen MR) is 95.8 cm³/mol. The Balaban J connectivity index is 1.69. The van der Waals surface area contributed by atoms with E-state index in [-0.39, 0.29) is 23.8 Å². The largest absolute Gasteiger partial charge is 0.508 e. The molecule has 5 aliphatic rings. The number of piperidine rings is 1. The molecule has 4 bridgehead atoms. The van der Waals surface area contributed by atoms with Crippen molar-refractivity contribution < 1.29 is 19.5 Å². The number of nitrogens with zero attached hydrogens (tertiary/aromatic N) is 1. The average Bonchev–Trinajstić information content (AvgIpc) is 2.74. The SMILES string of the molecule is CC=C1CNC2CC3(C(=O)N(OC)c4cc(O)ccc43)C3CC1C2CO3. The number of hydroxylamine groups is 1. The summed E-state index contributed by atoms with van der Waals surface area (Å²) in [5, 5.41) is 14.9. The Bertz CT molecular complexity index is 807. The summed E-state index contributed by atoms with van der Waals surface area (Å²) < 4.78 is 6.29. The molecule has 5 atom stereocenters. The van der Waals surface area contributed by atoms with Gasteiger partial charge in [-0.25, -0.2) is 0 Å². The van der Waals surface area contributed by atoms with E-state index in [0.717, 1.165) is 18.5 Å². The Kier molecular flexibility index (Phi) is 3.48. The molecule has 6 heteroatoms. The number of anilines is 1. The molecule has 0 aromatic heterocycles. The van der Waals surface area contributed by atoms with Crippen LogP contribution in [0.1, 0.15) is 25.3 Å². The van der Waals surface area contributed by atoms with Gasteiger partial charge in [0.1, 0.15) is 11.2 Å². The number of nitrogens with one attached hydrogen (secondary N) is 1. The zero-order valence-electron chi connectivity index (χ0n) is 15.1. The minimum atomic E-state index is -0.761. The lowest BCUT2D eigenvalue weighted by Crippen LogP contribution is -2.50. The molecule has 0 radical (unpaired) electrons. The van der Waals surface area contributed by atoms with E-state index < -0.39 is 5.41 Å². The second-order valence-corrected chi connectivity index (χ2v) is 7.84. The first-order valence-corrected chi connectivity index (χ1v) is 9.32. The topological polar surface area (TPSA) is 71.0 Å². The molecule has 26 heavy (non-hydrogen) atoms. The number of amides is 1. The van der Waals surface area contributed by atoms with Crippen LogP contribution in [0.2, 0.25) is 0 Å². The first-order chi connectivity index (χ1) is 12.6. The highest BCUT2D eigenvalue weighted by molar-refractivity contribution is 6.07. The van der Waals surface area contributed by atoms with Gasteiger partial charge in [-0.15, -0.1) is 0 Å². The molecule has 4 heterocycles. The molecule has 1 spiro atoms. The maximum atomic E-state index is 13.6. The van der Waals surface area contributed by atoms with Crippen LogP contribution in [0.4, 0.5) is 5.69 Å². The number of carbonyl (C=O) groups excluding carboxylic acids is 1. The Labute approximate surface area is 152 Å². The van der Waals surface area contributed by atoms with Crippen LogP contribution < -0.4 is 10.4 Å². The van der Waals surface area contributed by atoms with Crippen LogP contribution in [0.5, 0.6) is 5.75 Å². The van der Waals surface area contributed by atoms with Crippen LogP contribution in [-0.2, 0) is 19.8 Å². The van der Waals surface area contributed by atoms with Crippen molar-refractivity contribution in [1.82, 2.24) is 5.32 Å². The fourth-order valence-corrected chi connectivity index (χ4v) is 5.69. The van der Waals surface area contributed by atoms with Gasteiger partial charge in [-0.1, -0.05) is 17.7 Å². The second kappa shape index (κ2) is 5.55. The standard InChI is InChI=1S/C20H24N2O4/c1-3-11-9-21-16-8-20(18-7-13(11)14(16)10-26-18)15-5-4-12(23)6-17(15)22(25-2)19(20)24/h3-6,13-14,16,18,21,23H,7-10H2,1-2H3. The van der Waals surface area contributed by atoms with Gasteiger partial charge in [0.15, 0.2) is 0 Å². The Morgan fingerprint density at radius 2 is 2.31 bits per heavy atom. The number of hydrogen-bond acceptors (Lipinski definition) is 5. The monoisotopic (exact) mass is 356 g/mol. The number of phenolic OH excluding ortho intramolecular Hbond substituents is 1. The molecule has 1 aromatic carbocycles. The number of aromatic hydroxyl groups is 1. The number of rotatable bonds is 1. The van der Waals surface area contributed by atoms with Gasteiger partial charge < -0.3 is 15.2 Å². The van der Waals surface area contributed by atoms with Crippen LogP contribution in [0.3, 0.4) is 0 Å². The van der Waals surface area contributed by atoms with E-state index in [1.54, 1.807) is 12.1 Å². The van der Waals surface area contributed by atoms with Gasteiger partial charge in [-0.05, 0) is 37.3 Å². The van der Waals surface area contributed by atoms with Crippen molar-refractivity contribution in [3.05, 3.63) is 35.4 Å². The van der Waals surface area contributed by atoms with E-state index >= 15 is 0 Å². The third-order valence-electron chi connectivity index (χ3n) is 6.93. The summed E-state index contributed by atoms with van der Waals surface area (Å²) in [6, 6.07) is 5.36. The van der Waals surface area contributed by atoms with Crippen molar-refractivity contribution in [3.63, 3.8) is 0 Å². The molecule has 4 fully saturated rings. The Morgan fingerprint density at radius 3 is 3.08 bits per heavy atom. The average molecular weight is 356 g/mol. The smallest absolute Gasteiger partial charge is 0.264 e. The molecule has 1 aromatic rings. The van der Waals surface area contributed by atoms with Gasteiger partial charge >= 0.3 is 0 Å². The van der Waals surface area contributed by atoms with Crippen LogP contribution in [0.25, 0.3) is 0 Å². The Morgan fingerprint density at radius 1 is 1.46 bits per heavy atom. The minimum absolute atomic E-state index is 0.0809. The molecule has 6 nitrogen and oxygen atoms in total. The molecule has 1 saturated carbocycles. The maximum Gasteiger partial charge on any atom is 0.264 e. The van der Waals surface area contributed by atoms with E-state index in [9.17, 15) is 9.90 Å². The highest BCUT2D eigenvalue weighted by Gasteiger charge is 2.63. The van der Waals surface area contributed by atoms with E-state index in [1.807, 2.05) is 6.07 Å². The molecular formula is C20H24N2O4. The van der Waals surface area contributed by atoms with E-state index in [2.05, 4.69) is 18.3 Å². The summed E-state index contributed by atoms with van der Waals surface area (Å²) >= 11 is 0. The lowest BCUT2D eigenvalue weighted by Gasteiger charge is -2.42. The maximum absolute atomic E-state index is 13.6. The van der Waals surface area contributed by atoms with Crippen LogP contribution in [-0.4, -0.2) is 43.4 Å². The molecule has 138 valence electrons. The number of ether oxygens (including phenoxy) is 1. The van der Waals surface area contributed by atoms with E-state index in [4.69, 9.17) is 9.57 Å². The molecule has 6 rings (SSSR count). The number of phenols is 1. The van der Waals surface area contributed by atoms with Gasteiger partial charge in [0.2, 0.25) is 0 Å². The quantitative estimate of drug-likeness (QED) is 0.752. The van der Waals surface area contributed by atoms with Crippen molar-refractivity contribution in [2.24, 2.45) is 11.8 Å². The van der Waals surface area contributed by atoms with Crippen LogP contribution in [0.15, 0.2) is 29.8 Å². The van der Waals surface area contributed by atoms with Gasteiger partial charge in [0, 0.05) is 24.6 Å². The first-order valence-electron chi connectivity index (χ1n) is 9.32.